The average molecular weight is 685 g/mol. The summed E-state index contributed by atoms with van der Waals surface area (Å²) in [5.74, 6) is -0.430. The van der Waals surface area contributed by atoms with Crippen LogP contribution in [0, 0.1) is 13.8 Å². The summed E-state index contributed by atoms with van der Waals surface area (Å²) in [6.45, 7) is 4.21. The molecule has 5 rings (SSSR count). The first-order chi connectivity index (χ1) is 22.9. The number of nitrogens with one attached hydrogen (secondary N) is 2. The van der Waals surface area contributed by atoms with E-state index < -0.39 is 10.0 Å². The van der Waals surface area contributed by atoms with Gasteiger partial charge in [-0.1, -0.05) is 23.2 Å². The van der Waals surface area contributed by atoms with Crippen LogP contribution < -0.4 is 14.9 Å². The Labute approximate surface area is 285 Å². The molecule has 1 aromatic heterocycles. The number of hydrogen-bond donors (Lipinski definition) is 2. The predicted octanol–water partition coefficient (Wildman–Crippen LogP) is 7.11. The van der Waals surface area contributed by atoms with E-state index in [2.05, 4.69) is 20.3 Å². The highest BCUT2D eigenvalue weighted by atomic mass is 35.5. The molecule has 0 saturated heterocycles. The molecule has 10 nitrogen and oxygen atoms in total. The minimum absolute atomic E-state index is 0.0729. The quantitative estimate of drug-likeness (QED) is 0.107. The number of azo groups is 1. The molecular formula is C36H37ClN6O4S. The van der Waals surface area contributed by atoms with E-state index in [0.29, 0.717) is 34.1 Å². The van der Waals surface area contributed by atoms with Gasteiger partial charge in [0.15, 0.2) is 0 Å². The van der Waals surface area contributed by atoms with Gasteiger partial charge in [-0.3, -0.25) is 14.2 Å². The summed E-state index contributed by atoms with van der Waals surface area (Å²) in [4.78, 5) is 28.6. The van der Waals surface area contributed by atoms with Gasteiger partial charge in [-0.2, -0.15) is 10.2 Å². The second-order valence-electron chi connectivity index (χ2n) is 11.6. The fourth-order valence-electron chi connectivity index (χ4n) is 5.26. The topological polar surface area (TPSA) is 125 Å². The highest BCUT2D eigenvalue weighted by Gasteiger charge is 2.22. The van der Waals surface area contributed by atoms with Gasteiger partial charge in [-0.05, 0) is 111 Å². The number of hydrogen-bond acceptors (Lipinski definition) is 7. The molecule has 248 valence electrons. The van der Waals surface area contributed by atoms with Gasteiger partial charge in [0.2, 0.25) is 15.9 Å². The molecule has 0 atom stereocenters. The van der Waals surface area contributed by atoms with Gasteiger partial charge in [-0.25, -0.2) is 13.1 Å². The van der Waals surface area contributed by atoms with E-state index in [9.17, 15) is 18.0 Å². The minimum Gasteiger partial charge on any atom is -0.378 e. The highest BCUT2D eigenvalue weighted by Crippen LogP contribution is 2.29. The first-order valence-corrected chi connectivity index (χ1v) is 17.3. The second-order valence-corrected chi connectivity index (χ2v) is 13.8. The Bertz CT molecular complexity index is 2070. The van der Waals surface area contributed by atoms with Crippen LogP contribution in [0.2, 0.25) is 5.02 Å². The van der Waals surface area contributed by atoms with Crippen LogP contribution in [0.4, 0.5) is 17.1 Å². The molecule has 48 heavy (non-hydrogen) atoms. The summed E-state index contributed by atoms with van der Waals surface area (Å²) in [7, 11) is 0.163. The van der Waals surface area contributed by atoms with Crippen molar-refractivity contribution in [3.63, 3.8) is 0 Å². The molecule has 0 aliphatic heterocycles. The lowest BCUT2D eigenvalue weighted by Crippen LogP contribution is -2.30. The summed E-state index contributed by atoms with van der Waals surface area (Å²) < 4.78 is 29.9. The molecule has 2 N–H and O–H groups in total. The summed E-state index contributed by atoms with van der Waals surface area (Å²) in [5, 5.41) is 12.7. The van der Waals surface area contributed by atoms with Gasteiger partial charge in [0, 0.05) is 54.5 Å². The number of sulfonamides is 1. The Hall–Kier alpha value is -4.84. The number of aryl methyl sites for hydroxylation is 1. The molecule has 0 aliphatic carbocycles. The van der Waals surface area contributed by atoms with Crippen LogP contribution in [-0.4, -0.2) is 52.0 Å². The van der Waals surface area contributed by atoms with Crippen molar-refractivity contribution in [1.82, 2.24) is 14.6 Å². The third-order valence-electron chi connectivity index (χ3n) is 7.88. The fourth-order valence-corrected chi connectivity index (χ4v) is 6.46. The maximum Gasteiger partial charge on any atom is 0.262 e. The predicted molar refractivity (Wildman–Crippen MR) is 190 cm³/mol. The SMILES string of the molecule is Cc1ccc2c(c1)c(CC(=O)NCCCNS(=O)(=O)c1ccc(/N=N/c3ccc(N(C)C)cc3)cc1)c(C)n2C(=O)c1ccc(Cl)cc1. The van der Waals surface area contributed by atoms with E-state index in [1.165, 1.54) is 12.1 Å². The molecule has 1 amide bonds. The van der Waals surface area contributed by atoms with E-state index in [-0.39, 0.29) is 36.2 Å². The van der Waals surface area contributed by atoms with E-state index in [0.717, 1.165) is 27.7 Å². The lowest BCUT2D eigenvalue weighted by atomic mass is 10.1. The van der Waals surface area contributed by atoms with Crippen LogP contribution in [0.15, 0.2) is 106 Å². The summed E-state index contributed by atoms with van der Waals surface area (Å²) in [6.07, 6.45) is 0.461. The van der Waals surface area contributed by atoms with Crippen molar-refractivity contribution < 1.29 is 18.0 Å². The number of aromatic nitrogens is 1. The van der Waals surface area contributed by atoms with E-state index in [1.54, 1.807) is 41.0 Å². The van der Waals surface area contributed by atoms with Crippen molar-refractivity contribution in [2.45, 2.75) is 31.6 Å². The number of carbonyl (C=O) groups is 2. The molecule has 0 aliphatic rings. The lowest BCUT2D eigenvalue weighted by molar-refractivity contribution is -0.120. The Morgan fingerprint density at radius 1 is 0.833 bits per heavy atom. The number of halogens is 1. The Balaban J connectivity index is 1.14. The molecule has 0 saturated carbocycles. The minimum atomic E-state index is -3.75. The Kier molecular flexibility index (Phi) is 10.7. The van der Waals surface area contributed by atoms with Gasteiger partial charge >= 0.3 is 0 Å². The maximum atomic E-state index is 13.5. The fraction of sp³-hybridized carbons (Fsp3) is 0.222. The van der Waals surface area contributed by atoms with Gasteiger partial charge in [0.25, 0.3) is 5.91 Å². The number of rotatable bonds is 12. The highest BCUT2D eigenvalue weighted by molar-refractivity contribution is 7.89. The van der Waals surface area contributed by atoms with Gasteiger partial charge < -0.3 is 10.2 Å². The van der Waals surface area contributed by atoms with Crippen molar-refractivity contribution in [2.75, 3.05) is 32.1 Å². The van der Waals surface area contributed by atoms with E-state index in [4.69, 9.17) is 11.6 Å². The number of nitrogens with zero attached hydrogens (tertiary/aromatic N) is 4. The van der Waals surface area contributed by atoms with Crippen molar-refractivity contribution >= 4 is 61.4 Å². The zero-order valence-corrected chi connectivity index (χ0v) is 28.8. The van der Waals surface area contributed by atoms with Crippen molar-refractivity contribution in [3.05, 3.63) is 118 Å². The van der Waals surface area contributed by atoms with Crippen LogP contribution in [0.25, 0.3) is 10.9 Å². The zero-order valence-electron chi connectivity index (χ0n) is 27.2. The molecule has 0 spiro atoms. The number of fused-ring (bicyclic) bond motifs is 1. The van der Waals surface area contributed by atoms with Gasteiger partial charge in [-0.15, -0.1) is 0 Å². The first kappa shape index (κ1) is 34.5. The number of benzene rings is 4. The molecule has 1 heterocycles. The van der Waals surface area contributed by atoms with Gasteiger partial charge in [0.05, 0.1) is 28.2 Å². The van der Waals surface area contributed by atoms with Gasteiger partial charge in [0.1, 0.15) is 0 Å². The number of anilines is 1. The Morgan fingerprint density at radius 3 is 2.08 bits per heavy atom. The van der Waals surface area contributed by atoms with E-state index >= 15 is 0 Å². The maximum absolute atomic E-state index is 13.5. The summed E-state index contributed by atoms with van der Waals surface area (Å²) in [5.41, 5.74) is 5.93. The lowest BCUT2D eigenvalue weighted by Gasteiger charge is -2.11. The molecule has 0 fully saturated rings. The number of amides is 1. The smallest absolute Gasteiger partial charge is 0.262 e. The molecule has 0 bridgehead atoms. The molecule has 0 unspecified atom stereocenters. The Morgan fingerprint density at radius 2 is 1.46 bits per heavy atom. The average Bonchev–Trinajstić information content (AvgIpc) is 3.33. The summed E-state index contributed by atoms with van der Waals surface area (Å²) in [6, 6.07) is 26.2. The summed E-state index contributed by atoms with van der Waals surface area (Å²) >= 11 is 6.02. The largest absolute Gasteiger partial charge is 0.378 e. The number of carbonyl (C=O) groups excluding carboxylic acids is 2. The van der Waals surface area contributed by atoms with E-state index in [1.807, 2.05) is 75.3 Å². The van der Waals surface area contributed by atoms with Crippen molar-refractivity contribution in [2.24, 2.45) is 10.2 Å². The third kappa shape index (κ3) is 8.17. The molecule has 0 radical (unpaired) electrons. The van der Waals surface area contributed by atoms with Crippen LogP contribution in [0.1, 0.15) is 33.6 Å². The van der Waals surface area contributed by atoms with Crippen molar-refractivity contribution in [3.8, 4) is 0 Å². The first-order valence-electron chi connectivity index (χ1n) is 15.4. The molecule has 4 aromatic carbocycles. The molecule has 12 heteroatoms. The van der Waals surface area contributed by atoms with Crippen molar-refractivity contribution in [1.29, 1.82) is 0 Å². The van der Waals surface area contributed by atoms with Crippen LogP contribution >= 0.6 is 11.6 Å². The van der Waals surface area contributed by atoms with Crippen LogP contribution in [0.5, 0.6) is 0 Å². The molecular weight excluding hydrogens is 648 g/mol. The zero-order chi connectivity index (χ0) is 34.4. The monoisotopic (exact) mass is 684 g/mol. The normalized spacial score (nSPS) is 11.7. The van der Waals surface area contributed by atoms with Crippen LogP contribution in [-0.2, 0) is 21.2 Å². The van der Waals surface area contributed by atoms with Crippen LogP contribution in [0.3, 0.4) is 0 Å². The second kappa shape index (κ2) is 14.9. The molecule has 5 aromatic rings. The third-order valence-corrected chi connectivity index (χ3v) is 9.61. The standard InChI is InChI=1S/C36H37ClN6O4S/c1-24-6-19-34-33(22-24)32(25(2)43(34)36(45)26-7-9-27(37)10-8-26)23-35(44)38-20-5-21-39-48(46,47)31-17-13-29(14-18-31)41-40-28-11-15-30(16-12-28)42(3)4/h6-19,22,39H,5,20-21,23H2,1-4H3,(H,38,44)/b41-40+.